The Hall–Kier alpha value is -2.23. The van der Waals surface area contributed by atoms with Crippen LogP contribution in [0.1, 0.15) is 31.2 Å². The van der Waals surface area contributed by atoms with E-state index in [1.165, 1.54) is 6.07 Å². The normalized spacial score (nSPS) is 12.0. The SMILES string of the molecule is CCC[C@H](C(=O)Nc1ccc(F)c(F)c1)c1ccccc1. The molecule has 0 radical (unpaired) electrons. The number of hydrogen-bond acceptors (Lipinski definition) is 1. The van der Waals surface area contributed by atoms with Gasteiger partial charge in [0.05, 0.1) is 5.92 Å². The minimum atomic E-state index is -0.973. The van der Waals surface area contributed by atoms with E-state index in [2.05, 4.69) is 5.32 Å². The zero-order valence-electron chi connectivity index (χ0n) is 11.8. The Bertz CT molecular complexity index is 613. The highest BCUT2D eigenvalue weighted by atomic mass is 19.2. The van der Waals surface area contributed by atoms with Gasteiger partial charge in [0.1, 0.15) is 0 Å². The van der Waals surface area contributed by atoms with Crippen LogP contribution in [0.2, 0.25) is 0 Å². The smallest absolute Gasteiger partial charge is 0.231 e. The van der Waals surface area contributed by atoms with E-state index < -0.39 is 11.6 Å². The Kier molecular flexibility index (Phi) is 5.04. The molecule has 0 heterocycles. The Morgan fingerprint density at radius 3 is 2.43 bits per heavy atom. The number of hydrogen-bond donors (Lipinski definition) is 1. The minimum Gasteiger partial charge on any atom is -0.325 e. The molecule has 0 aliphatic rings. The Morgan fingerprint density at radius 1 is 1.10 bits per heavy atom. The maximum atomic E-state index is 13.2. The number of nitrogens with one attached hydrogen (secondary N) is 1. The van der Waals surface area contributed by atoms with Crippen LogP contribution in [0, 0.1) is 11.6 Å². The summed E-state index contributed by atoms with van der Waals surface area (Å²) in [6, 6.07) is 12.8. The van der Waals surface area contributed by atoms with Crippen LogP contribution in [0.15, 0.2) is 48.5 Å². The summed E-state index contributed by atoms with van der Waals surface area (Å²) < 4.78 is 26.1. The van der Waals surface area contributed by atoms with E-state index in [4.69, 9.17) is 0 Å². The van der Waals surface area contributed by atoms with Crippen molar-refractivity contribution in [1.82, 2.24) is 0 Å². The van der Waals surface area contributed by atoms with Gasteiger partial charge in [0.25, 0.3) is 0 Å². The highest BCUT2D eigenvalue weighted by Gasteiger charge is 2.20. The average Bonchev–Trinajstić information content (AvgIpc) is 2.49. The third-order valence-corrected chi connectivity index (χ3v) is 3.28. The molecule has 2 aromatic rings. The molecular formula is C17H17F2NO. The second-order valence-corrected chi connectivity index (χ2v) is 4.87. The Balaban J connectivity index is 2.17. The number of carbonyl (C=O) groups excluding carboxylic acids is 1. The number of anilines is 1. The molecule has 0 aromatic heterocycles. The van der Waals surface area contributed by atoms with E-state index in [-0.39, 0.29) is 17.5 Å². The molecule has 0 bridgehead atoms. The first-order valence-corrected chi connectivity index (χ1v) is 6.92. The van der Waals surface area contributed by atoms with Crippen molar-refractivity contribution in [2.24, 2.45) is 0 Å². The van der Waals surface area contributed by atoms with Gasteiger partial charge in [-0.05, 0) is 24.1 Å². The lowest BCUT2D eigenvalue weighted by Gasteiger charge is -2.16. The lowest BCUT2D eigenvalue weighted by molar-refractivity contribution is -0.117. The number of amides is 1. The molecule has 2 aromatic carbocycles. The minimum absolute atomic E-state index is 0.214. The molecule has 0 fully saturated rings. The molecule has 110 valence electrons. The van der Waals surface area contributed by atoms with Crippen molar-refractivity contribution < 1.29 is 13.6 Å². The van der Waals surface area contributed by atoms with Crippen molar-refractivity contribution in [1.29, 1.82) is 0 Å². The molecule has 0 aliphatic heterocycles. The summed E-state index contributed by atoms with van der Waals surface area (Å²) in [5.41, 5.74) is 1.18. The summed E-state index contributed by atoms with van der Waals surface area (Å²) in [5, 5.41) is 2.65. The van der Waals surface area contributed by atoms with Crippen LogP contribution in [-0.4, -0.2) is 5.91 Å². The average molecular weight is 289 g/mol. The van der Waals surface area contributed by atoms with Crippen LogP contribution in [-0.2, 0) is 4.79 Å². The molecule has 0 saturated carbocycles. The molecule has 0 spiro atoms. The van der Waals surface area contributed by atoms with E-state index in [0.29, 0.717) is 6.42 Å². The molecule has 0 aliphatic carbocycles. The number of benzene rings is 2. The van der Waals surface area contributed by atoms with Gasteiger partial charge in [-0.1, -0.05) is 43.7 Å². The van der Waals surface area contributed by atoms with Gasteiger partial charge in [-0.25, -0.2) is 8.78 Å². The van der Waals surface area contributed by atoms with E-state index in [1.807, 2.05) is 37.3 Å². The predicted octanol–water partition coefficient (Wildman–Crippen LogP) is 4.49. The van der Waals surface area contributed by atoms with E-state index in [0.717, 1.165) is 24.1 Å². The standard InChI is InChI=1S/C17H17F2NO/c1-2-6-14(12-7-4-3-5-8-12)17(21)20-13-9-10-15(18)16(19)11-13/h3-5,7-11,14H,2,6H2,1H3,(H,20,21)/t14-/m0/s1. The number of halogens is 2. The highest BCUT2D eigenvalue weighted by Crippen LogP contribution is 2.23. The van der Waals surface area contributed by atoms with Crippen molar-refractivity contribution in [2.45, 2.75) is 25.7 Å². The zero-order chi connectivity index (χ0) is 15.2. The molecule has 0 unspecified atom stereocenters. The summed E-state index contributed by atoms with van der Waals surface area (Å²) >= 11 is 0. The molecule has 21 heavy (non-hydrogen) atoms. The first-order chi connectivity index (χ1) is 10.1. The molecule has 2 nitrogen and oxygen atoms in total. The third kappa shape index (κ3) is 3.88. The van der Waals surface area contributed by atoms with Crippen molar-refractivity contribution >= 4 is 11.6 Å². The van der Waals surface area contributed by atoms with Gasteiger partial charge < -0.3 is 5.32 Å². The summed E-state index contributed by atoms with van der Waals surface area (Å²) in [6.45, 7) is 2.00. The first-order valence-electron chi connectivity index (χ1n) is 6.92. The Morgan fingerprint density at radius 2 is 1.81 bits per heavy atom. The monoisotopic (exact) mass is 289 g/mol. The van der Waals surface area contributed by atoms with E-state index in [1.54, 1.807) is 0 Å². The molecule has 2 rings (SSSR count). The first kappa shape index (κ1) is 15.2. The molecule has 1 atom stereocenters. The second-order valence-electron chi connectivity index (χ2n) is 4.87. The molecule has 1 N–H and O–H groups in total. The third-order valence-electron chi connectivity index (χ3n) is 3.28. The highest BCUT2D eigenvalue weighted by molar-refractivity contribution is 5.95. The van der Waals surface area contributed by atoms with Gasteiger partial charge in [0.15, 0.2) is 11.6 Å². The van der Waals surface area contributed by atoms with Crippen LogP contribution < -0.4 is 5.32 Å². The fraction of sp³-hybridized carbons (Fsp3) is 0.235. The predicted molar refractivity (Wildman–Crippen MR) is 79.1 cm³/mol. The topological polar surface area (TPSA) is 29.1 Å². The summed E-state index contributed by atoms with van der Waals surface area (Å²) in [6.07, 6.45) is 1.55. The fourth-order valence-electron chi connectivity index (χ4n) is 2.23. The van der Waals surface area contributed by atoms with Gasteiger partial charge in [-0.15, -0.1) is 0 Å². The number of rotatable bonds is 5. The zero-order valence-corrected chi connectivity index (χ0v) is 11.8. The quantitative estimate of drug-likeness (QED) is 0.863. The summed E-state index contributed by atoms with van der Waals surface area (Å²) in [4.78, 5) is 12.4. The molecule has 4 heteroatoms. The van der Waals surface area contributed by atoms with Gasteiger partial charge >= 0.3 is 0 Å². The molecule has 1 amide bonds. The number of carbonyl (C=O) groups is 1. The van der Waals surface area contributed by atoms with Crippen LogP contribution >= 0.6 is 0 Å². The van der Waals surface area contributed by atoms with Crippen LogP contribution in [0.4, 0.5) is 14.5 Å². The lowest BCUT2D eigenvalue weighted by Crippen LogP contribution is -2.21. The van der Waals surface area contributed by atoms with Crippen LogP contribution in [0.25, 0.3) is 0 Å². The summed E-state index contributed by atoms with van der Waals surface area (Å²) in [5.74, 6) is -2.42. The van der Waals surface area contributed by atoms with Gasteiger partial charge in [-0.3, -0.25) is 4.79 Å². The van der Waals surface area contributed by atoms with Gasteiger partial charge in [0, 0.05) is 11.8 Å². The maximum Gasteiger partial charge on any atom is 0.231 e. The fourth-order valence-corrected chi connectivity index (χ4v) is 2.23. The van der Waals surface area contributed by atoms with Crippen molar-refractivity contribution in [3.8, 4) is 0 Å². The van der Waals surface area contributed by atoms with Crippen LogP contribution in [0.3, 0.4) is 0 Å². The van der Waals surface area contributed by atoms with Crippen molar-refractivity contribution in [3.63, 3.8) is 0 Å². The van der Waals surface area contributed by atoms with Gasteiger partial charge in [0.2, 0.25) is 5.91 Å². The lowest BCUT2D eigenvalue weighted by atomic mass is 9.93. The molecular weight excluding hydrogens is 272 g/mol. The van der Waals surface area contributed by atoms with Gasteiger partial charge in [-0.2, -0.15) is 0 Å². The molecule has 0 saturated heterocycles. The Labute approximate surface area is 122 Å². The maximum absolute atomic E-state index is 13.2. The van der Waals surface area contributed by atoms with E-state index in [9.17, 15) is 13.6 Å². The van der Waals surface area contributed by atoms with E-state index >= 15 is 0 Å². The summed E-state index contributed by atoms with van der Waals surface area (Å²) in [7, 11) is 0. The largest absolute Gasteiger partial charge is 0.325 e. The van der Waals surface area contributed by atoms with Crippen molar-refractivity contribution in [3.05, 3.63) is 65.7 Å². The van der Waals surface area contributed by atoms with Crippen molar-refractivity contribution in [2.75, 3.05) is 5.32 Å². The van der Waals surface area contributed by atoms with Crippen LogP contribution in [0.5, 0.6) is 0 Å². The second kappa shape index (κ2) is 6.97.